The Hall–Kier alpha value is -2.11. The maximum atomic E-state index is 10.6. The number of hydrogen-bond acceptors (Lipinski definition) is 3. The van der Waals surface area contributed by atoms with E-state index in [1.54, 1.807) is 0 Å². The highest BCUT2D eigenvalue weighted by atomic mass is 16.4. The number of carbonyl (C=O) groups is 3. The lowest BCUT2D eigenvalue weighted by molar-refractivity contribution is -0.137. The number of aliphatic carboxylic acids is 3. The van der Waals surface area contributed by atoms with E-state index in [9.17, 15) is 14.4 Å². The van der Waals surface area contributed by atoms with Gasteiger partial charge in [-0.05, 0) is 12.5 Å². The summed E-state index contributed by atoms with van der Waals surface area (Å²) in [6.07, 6.45) is 0.246. The van der Waals surface area contributed by atoms with E-state index in [-0.39, 0.29) is 18.4 Å². The van der Waals surface area contributed by atoms with Crippen LogP contribution in [-0.2, 0) is 14.4 Å². The zero-order chi connectivity index (χ0) is 12.0. The van der Waals surface area contributed by atoms with E-state index >= 15 is 0 Å². The minimum atomic E-state index is -1.35. The topological polar surface area (TPSA) is 112 Å². The zero-order valence-corrected chi connectivity index (χ0v) is 7.77. The molecule has 0 saturated carbocycles. The fourth-order valence-corrected chi connectivity index (χ4v) is 0.754. The van der Waals surface area contributed by atoms with E-state index in [0.717, 1.165) is 6.08 Å². The van der Waals surface area contributed by atoms with Crippen molar-refractivity contribution in [3.05, 3.63) is 23.8 Å². The first-order valence-corrected chi connectivity index (χ1v) is 3.92. The van der Waals surface area contributed by atoms with Crippen LogP contribution in [0.4, 0.5) is 0 Å². The molecule has 15 heavy (non-hydrogen) atoms. The molecule has 0 spiro atoms. The van der Waals surface area contributed by atoms with Crippen molar-refractivity contribution in [3.8, 4) is 0 Å². The molecule has 3 N–H and O–H groups in total. The van der Waals surface area contributed by atoms with Crippen LogP contribution in [0.3, 0.4) is 0 Å². The quantitative estimate of drug-likeness (QED) is 0.438. The van der Waals surface area contributed by atoms with Crippen LogP contribution in [0.1, 0.15) is 12.8 Å². The van der Waals surface area contributed by atoms with E-state index in [1.165, 1.54) is 0 Å². The first-order chi connectivity index (χ1) is 6.84. The monoisotopic (exact) mass is 214 g/mol. The second kappa shape index (κ2) is 5.58. The molecule has 0 aliphatic heterocycles. The van der Waals surface area contributed by atoms with Gasteiger partial charge in [0.1, 0.15) is 0 Å². The van der Waals surface area contributed by atoms with Crippen molar-refractivity contribution in [3.63, 3.8) is 0 Å². The van der Waals surface area contributed by atoms with Crippen LogP contribution < -0.4 is 0 Å². The minimum Gasteiger partial charge on any atom is -0.481 e. The summed E-state index contributed by atoms with van der Waals surface area (Å²) in [6.45, 7) is 3.12. The van der Waals surface area contributed by atoms with Gasteiger partial charge < -0.3 is 15.3 Å². The summed E-state index contributed by atoms with van der Waals surface area (Å²) >= 11 is 0. The molecule has 0 heterocycles. The van der Waals surface area contributed by atoms with Gasteiger partial charge in [-0.3, -0.25) is 4.79 Å². The Bertz CT molecular complexity index is 339. The molecule has 0 aliphatic carbocycles. The van der Waals surface area contributed by atoms with Gasteiger partial charge in [0.15, 0.2) is 0 Å². The average molecular weight is 214 g/mol. The summed E-state index contributed by atoms with van der Waals surface area (Å²) in [6, 6.07) is 0. The Labute approximate surface area is 85.1 Å². The van der Waals surface area contributed by atoms with Crippen molar-refractivity contribution in [2.75, 3.05) is 0 Å². The van der Waals surface area contributed by atoms with Gasteiger partial charge in [0.2, 0.25) is 0 Å². The van der Waals surface area contributed by atoms with Crippen LogP contribution in [0.5, 0.6) is 0 Å². The van der Waals surface area contributed by atoms with Crippen LogP contribution >= 0.6 is 0 Å². The van der Waals surface area contributed by atoms with E-state index in [2.05, 4.69) is 6.58 Å². The smallest absolute Gasteiger partial charge is 0.335 e. The average Bonchev–Trinajstić information content (AvgIpc) is 2.10. The Morgan fingerprint density at radius 2 is 1.53 bits per heavy atom. The molecule has 82 valence electrons. The third kappa shape index (κ3) is 5.25. The molecule has 0 aromatic heterocycles. The molecule has 0 bridgehead atoms. The van der Waals surface area contributed by atoms with Crippen LogP contribution in [-0.4, -0.2) is 33.2 Å². The summed E-state index contributed by atoms with van der Waals surface area (Å²) in [5.41, 5.74) is -0.678. The van der Waals surface area contributed by atoms with Gasteiger partial charge in [-0.15, -0.1) is 0 Å². The van der Waals surface area contributed by atoms with Crippen molar-refractivity contribution in [1.82, 2.24) is 0 Å². The predicted octanol–water partition coefficient (Wildman–Crippen LogP) is 0.503. The molecule has 0 fully saturated rings. The fourth-order valence-electron chi connectivity index (χ4n) is 0.754. The largest absolute Gasteiger partial charge is 0.481 e. The maximum absolute atomic E-state index is 10.6. The molecule has 0 amide bonds. The van der Waals surface area contributed by atoms with Gasteiger partial charge >= 0.3 is 17.9 Å². The van der Waals surface area contributed by atoms with Crippen LogP contribution in [0, 0.1) is 0 Å². The fraction of sp³-hybridized carbons (Fsp3) is 0.222. The third-order valence-electron chi connectivity index (χ3n) is 1.51. The van der Waals surface area contributed by atoms with E-state index in [0.29, 0.717) is 0 Å². The molecule has 6 heteroatoms. The van der Waals surface area contributed by atoms with Gasteiger partial charge in [-0.25, -0.2) is 9.59 Å². The Balaban J connectivity index is 4.66. The molecule has 0 unspecified atom stereocenters. The van der Waals surface area contributed by atoms with Crippen LogP contribution in [0.25, 0.3) is 0 Å². The molecular weight excluding hydrogens is 204 g/mol. The Morgan fingerprint density at radius 1 is 1.00 bits per heavy atom. The minimum absolute atomic E-state index is 0.239. The highest BCUT2D eigenvalue weighted by Crippen LogP contribution is 2.09. The van der Waals surface area contributed by atoms with Crippen molar-refractivity contribution >= 4 is 17.9 Å². The number of carboxylic acid groups (broad SMARTS) is 3. The predicted molar refractivity (Wildman–Crippen MR) is 49.4 cm³/mol. The Morgan fingerprint density at radius 3 is 1.87 bits per heavy atom. The summed E-state index contributed by atoms with van der Waals surface area (Å²) in [5, 5.41) is 25.4. The first-order valence-electron chi connectivity index (χ1n) is 3.92. The number of rotatable bonds is 6. The standard InChI is InChI=1S/C9H10O6/c1-5(8(12)13)4-6(9(14)15)2-3-7(10)11/h4H,1-3H2,(H,10,11)(H,12,13)(H,14,15). The maximum Gasteiger partial charge on any atom is 0.335 e. The highest BCUT2D eigenvalue weighted by Gasteiger charge is 2.11. The van der Waals surface area contributed by atoms with Gasteiger partial charge in [0.05, 0.1) is 5.57 Å². The van der Waals surface area contributed by atoms with Crippen molar-refractivity contribution < 1.29 is 29.7 Å². The van der Waals surface area contributed by atoms with Gasteiger partial charge in [-0.1, -0.05) is 6.58 Å². The molecule has 0 aromatic carbocycles. The van der Waals surface area contributed by atoms with E-state index < -0.39 is 23.5 Å². The summed E-state index contributed by atoms with van der Waals surface area (Å²) in [7, 11) is 0. The summed E-state index contributed by atoms with van der Waals surface area (Å²) < 4.78 is 0. The van der Waals surface area contributed by atoms with Crippen molar-refractivity contribution in [1.29, 1.82) is 0 Å². The molecule has 6 nitrogen and oxygen atoms in total. The molecular formula is C9H10O6. The summed E-state index contributed by atoms with van der Waals surface area (Å²) in [5.74, 6) is -3.84. The lowest BCUT2D eigenvalue weighted by atomic mass is 10.1. The van der Waals surface area contributed by atoms with Crippen LogP contribution in [0.2, 0.25) is 0 Å². The molecule has 0 aromatic rings. The van der Waals surface area contributed by atoms with E-state index in [1.807, 2.05) is 0 Å². The lowest BCUT2D eigenvalue weighted by Crippen LogP contribution is -2.06. The zero-order valence-electron chi connectivity index (χ0n) is 7.77. The number of carboxylic acids is 3. The highest BCUT2D eigenvalue weighted by molar-refractivity contribution is 5.94. The second-order valence-corrected chi connectivity index (χ2v) is 2.70. The lowest BCUT2D eigenvalue weighted by Gasteiger charge is -1.99. The normalized spacial score (nSPS) is 10.8. The number of hydrogen-bond donors (Lipinski definition) is 3. The summed E-state index contributed by atoms with van der Waals surface area (Å²) in [4.78, 5) is 31.1. The van der Waals surface area contributed by atoms with E-state index in [4.69, 9.17) is 15.3 Å². The molecule has 0 aliphatic rings. The van der Waals surface area contributed by atoms with Crippen molar-refractivity contribution in [2.45, 2.75) is 12.8 Å². The Kier molecular flexibility index (Phi) is 4.80. The first kappa shape index (κ1) is 12.9. The van der Waals surface area contributed by atoms with Crippen molar-refractivity contribution in [2.24, 2.45) is 0 Å². The third-order valence-corrected chi connectivity index (χ3v) is 1.51. The SMILES string of the molecule is C=C(C=C(CCC(=O)O)C(=O)O)C(=O)O. The molecule has 0 atom stereocenters. The van der Waals surface area contributed by atoms with Crippen LogP contribution in [0.15, 0.2) is 23.8 Å². The molecule has 0 radical (unpaired) electrons. The van der Waals surface area contributed by atoms with Gasteiger partial charge in [0, 0.05) is 12.0 Å². The molecule has 0 rings (SSSR count). The van der Waals surface area contributed by atoms with Gasteiger partial charge in [0.25, 0.3) is 0 Å². The second-order valence-electron chi connectivity index (χ2n) is 2.70. The van der Waals surface area contributed by atoms with Gasteiger partial charge in [-0.2, -0.15) is 0 Å². The molecule has 0 saturated heterocycles.